The highest BCUT2D eigenvalue weighted by molar-refractivity contribution is 7.93. The van der Waals surface area contributed by atoms with E-state index < -0.39 is 31.6 Å². The Bertz CT molecular complexity index is 1170. The second-order valence-corrected chi connectivity index (χ2v) is 9.83. The van der Waals surface area contributed by atoms with Gasteiger partial charge in [-0.15, -0.1) is 0 Å². The highest BCUT2D eigenvalue weighted by Crippen LogP contribution is 2.34. The lowest BCUT2D eigenvalue weighted by Crippen LogP contribution is -2.31. The minimum absolute atomic E-state index is 0.0325. The standard InChI is InChI=1S/C18H14Cl2F2N2O3S2/c1-10-5-12(27-2)4-3-11(10)9-24(18-23-8-17(20)28-18)29(25,26)16-6-13(19)14(21)7-15(16)22/h3-8H,9H2,1-2H3. The summed E-state index contributed by atoms with van der Waals surface area (Å²) in [5.41, 5.74) is 1.39. The molecular weight excluding hydrogens is 465 g/mol. The van der Waals surface area contributed by atoms with Crippen molar-refractivity contribution in [2.75, 3.05) is 11.4 Å². The van der Waals surface area contributed by atoms with Crippen LogP contribution < -0.4 is 9.04 Å². The number of ether oxygens (including phenoxy) is 1. The first-order valence-electron chi connectivity index (χ1n) is 8.05. The third kappa shape index (κ3) is 4.48. The summed E-state index contributed by atoms with van der Waals surface area (Å²) >= 11 is 12.5. The van der Waals surface area contributed by atoms with Crippen LogP contribution in [0.3, 0.4) is 0 Å². The van der Waals surface area contributed by atoms with E-state index in [0.29, 0.717) is 17.4 Å². The highest BCUT2D eigenvalue weighted by Gasteiger charge is 2.31. The Morgan fingerprint density at radius 2 is 1.90 bits per heavy atom. The minimum atomic E-state index is -4.48. The second kappa shape index (κ2) is 8.43. The molecule has 0 aliphatic heterocycles. The molecule has 0 N–H and O–H groups in total. The van der Waals surface area contributed by atoms with Gasteiger partial charge < -0.3 is 4.74 Å². The largest absolute Gasteiger partial charge is 0.497 e. The van der Waals surface area contributed by atoms with Crippen molar-refractivity contribution in [3.63, 3.8) is 0 Å². The Labute approximate surface area is 180 Å². The van der Waals surface area contributed by atoms with Crippen LogP contribution in [0.15, 0.2) is 41.4 Å². The highest BCUT2D eigenvalue weighted by atomic mass is 35.5. The van der Waals surface area contributed by atoms with Gasteiger partial charge in [0.25, 0.3) is 10.0 Å². The van der Waals surface area contributed by atoms with Gasteiger partial charge in [-0.25, -0.2) is 26.5 Å². The molecule has 11 heteroatoms. The first kappa shape index (κ1) is 21.8. The molecule has 0 saturated heterocycles. The summed E-state index contributed by atoms with van der Waals surface area (Å²) in [6.45, 7) is 1.63. The number of aryl methyl sites for hydroxylation is 1. The SMILES string of the molecule is COc1ccc(CN(c2ncc(Cl)s2)S(=O)(=O)c2cc(Cl)c(F)cc2F)c(C)c1. The lowest BCUT2D eigenvalue weighted by atomic mass is 10.1. The maximum absolute atomic E-state index is 14.4. The van der Waals surface area contributed by atoms with Crippen LogP contribution in [0, 0.1) is 18.6 Å². The zero-order valence-electron chi connectivity index (χ0n) is 15.1. The number of nitrogens with zero attached hydrogens (tertiary/aromatic N) is 2. The van der Waals surface area contributed by atoms with Crippen LogP contribution in [0.25, 0.3) is 0 Å². The maximum atomic E-state index is 14.4. The fourth-order valence-electron chi connectivity index (χ4n) is 2.56. The molecule has 1 heterocycles. The molecule has 154 valence electrons. The van der Waals surface area contributed by atoms with Gasteiger partial charge in [-0.1, -0.05) is 40.6 Å². The fraction of sp³-hybridized carbons (Fsp3) is 0.167. The molecule has 0 aliphatic carbocycles. The zero-order chi connectivity index (χ0) is 21.3. The van der Waals surface area contributed by atoms with Crippen LogP contribution in [0.2, 0.25) is 9.36 Å². The van der Waals surface area contributed by atoms with Crippen LogP contribution in [-0.4, -0.2) is 20.5 Å². The van der Waals surface area contributed by atoms with Gasteiger partial charge in [-0.3, -0.25) is 0 Å². The van der Waals surface area contributed by atoms with Gasteiger partial charge in [0.1, 0.15) is 26.6 Å². The molecule has 3 rings (SSSR count). The first-order valence-corrected chi connectivity index (χ1v) is 11.1. The van der Waals surface area contributed by atoms with Crippen LogP contribution in [0.5, 0.6) is 5.75 Å². The lowest BCUT2D eigenvalue weighted by Gasteiger charge is -2.23. The van der Waals surface area contributed by atoms with Gasteiger partial charge in [-0.2, -0.15) is 0 Å². The van der Waals surface area contributed by atoms with Crippen LogP contribution in [-0.2, 0) is 16.6 Å². The molecular formula is C18H14Cl2F2N2O3S2. The van der Waals surface area contributed by atoms with Crippen LogP contribution in [0.4, 0.5) is 13.9 Å². The number of hydrogen-bond donors (Lipinski definition) is 0. The molecule has 0 radical (unpaired) electrons. The number of hydrogen-bond acceptors (Lipinski definition) is 5. The summed E-state index contributed by atoms with van der Waals surface area (Å²) in [6.07, 6.45) is 1.29. The molecule has 2 aromatic carbocycles. The molecule has 0 unspecified atom stereocenters. The van der Waals surface area contributed by atoms with Gasteiger partial charge in [0, 0.05) is 6.07 Å². The number of aromatic nitrogens is 1. The summed E-state index contributed by atoms with van der Waals surface area (Å²) in [7, 11) is -2.96. The number of halogens is 4. The van der Waals surface area contributed by atoms with E-state index in [1.165, 1.54) is 13.3 Å². The van der Waals surface area contributed by atoms with Gasteiger partial charge in [-0.05, 0) is 36.2 Å². The Hall–Kier alpha value is -1.94. The average molecular weight is 479 g/mol. The fourth-order valence-corrected chi connectivity index (χ4v) is 5.38. The molecule has 1 aromatic heterocycles. The number of thiazole rings is 1. The predicted molar refractivity (Wildman–Crippen MR) is 110 cm³/mol. The van der Waals surface area contributed by atoms with Crippen molar-refractivity contribution in [3.05, 3.63) is 68.6 Å². The molecule has 0 saturated carbocycles. The Morgan fingerprint density at radius 3 is 2.48 bits per heavy atom. The van der Waals surface area contributed by atoms with Crippen molar-refractivity contribution < 1.29 is 21.9 Å². The summed E-state index contributed by atoms with van der Waals surface area (Å²) in [6, 6.07) is 6.28. The second-order valence-electron chi connectivity index (χ2n) is 5.95. The van der Waals surface area contributed by atoms with Crippen molar-refractivity contribution in [1.82, 2.24) is 4.98 Å². The van der Waals surface area contributed by atoms with Crippen molar-refractivity contribution in [1.29, 1.82) is 0 Å². The molecule has 29 heavy (non-hydrogen) atoms. The molecule has 0 amide bonds. The molecule has 0 aliphatic rings. The Kier molecular flexibility index (Phi) is 6.33. The summed E-state index contributed by atoms with van der Waals surface area (Å²) < 4.78 is 60.7. The molecule has 0 spiro atoms. The number of anilines is 1. The number of sulfonamides is 1. The Morgan fingerprint density at radius 1 is 1.17 bits per heavy atom. The van der Waals surface area contributed by atoms with Crippen molar-refractivity contribution in [2.24, 2.45) is 0 Å². The van der Waals surface area contributed by atoms with Crippen molar-refractivity contribution in [3.8, 4) is 5.75 Å². The predicted octanol–water partition coefficient (Wildman–Crippen LogP) is 5.44. The third-order valence-electron chi connectivity index (χ3n) is 4.09. The maximum Gasteiger partial charge on any atom is 0.269 e. The smallest absolute Gasteiger partial charge is 0.269 e. The van der Waals surface area contributed by atoms with E-state index in [1.54, 1.807) is 25.1 Å². The van der Waals surface area contributed by atoms with E-state index in [4.69, 9.17) is 27.9 Å². The van der Waals surface area contributed by atoms with Gasteiger partial charge >= 0.3 is 0 Å². The van der Waals surface area contributed by atoms with E-state index >= 15 is 0 Å². The topological polar surface area (TPSA) is 59.5 Å². The number of rotatable bonds is 6. The van der Waals surface area contributed by atoms with Gasteiger partial charge in [0.2, 0.25) is 5.13 Å². The molecule has 0 atom stereocenters. The zero-order valence-corrected chi connectivity index (χ0v) is 18.3. The summed E-state index contributed by atoms with van der Waals surface area (Å²) in [5, 5.41) is -0.479. The average Bonchev–Trinajstić information content (AvgIpc) is 3.09. The monoisotopic (exact) mass is 478 g/mol. The van der Waals surface area contributed by atoms with E-state index in [0.717, 1.165) is 27.3 Å². The quantitative estimate of drug-likeness (QED) is 0.442. The number of methoxy groups -OCH3 is 1. The summed E-state index contributed by atoms with van der Waals surface area (Å²) in [5.74, 6) is -1.71. The van der Waals surface area contributed by atoms with Crippen LogP contribution >= 0.6 is 34.5 Å². The molecule has 0 bridgehead atoms. The minimum Gasteiger partial charge on any atom is -0.497 e. The van der Waals surface area contributed by atoms with Gasteiger partial charge in [0.05, 0.1) is 24.9 Å². The molecule has 3 aromatic rings. The molecule has 0 fully saturated rings. The first-order chi connectivity index (χ1) is 13.6. The van der Waals surface area contributed by atoms with Crippen molar-refractivity contribution >= 4 is 49.7 Å². The normalized spacial score (nSPS) is 11.5. The van der Waals surface area contributed by atoms with Crippen LogP contribution in [0.1, 0.15) is 11.1 Å². The molecule has 5 nitrogen and oxygen atoms in total. The van der Waals surface area contributed by atoms with E-state index in [9.17, 15) is 17.2 Å². The number of benzene rings is 2. The Balaban J connectivity index is 2.13. The lowest BCUT2D eigenvalue weighted by molar-refractivity contribution is 0.414. The summed E-state index contributed by atoms with van der Waals surface area (Å²) in [4.78, 5) is 3.25. The van der Waals surface area contributed by atoms with Gasteiger partial charge in [0.15, 0.2) is 0 Å². The van der Waals surface area contributed by atoms with E-state index in [-0.39, 0.29) is 16.0 Å². The third-order valence-corrected chi connectivity index (χ3v) is 7.38. The van der Waals surface area contributed by atoms with E-state index in [2.05, 4.69) is 4.98 Å². The van der Waals surface area contributed by atoms with E-state index in [1.807, 2.05) is 0 Å². The van der Waals surface area contributed by atoms with Crippen molar-refractivity contribution in [2.45, 2.75) is 18.4 Å².